The number of carbonyl (C=O) groups excluding carboxylic acids is 1. The van der Waals surface area contributed by atoms with E-state index in [0.29, 0.717) is 11.7 Å². The first-order valence-corrected chi connectivity index (χ1v) is 14.5. The maximum absolute atomic E-state index is 13.4. The Kier molecular flexibility index (Phi) is 8.39. The number of carboxylic acids is 1. The highest BCUT2D eigenvalue weighted by Gasteiger charge is 2.24. The molecule has 4 aromatic rings. The average Bonchev–Trinajstić information content (AvgIpc) is 3.46. The number of amides is 1. The summed E-state index contributed by atoms with van der Waals surface area (Å²) in [5.41, 5.74) is 3.22. The van der Waals surface area contributed by atoms with Crippen molar-refractivity contribution < 1.29 is 19.4 Å². The average molecular weight is 551 g/mol. The number of aromatic nitrogens is 1. The number of pyridine rings is 1. The van der Waals surface area contributed by atoms with Gasteiger partial charge in [0.15, 0.2) is 0 Å². The molecule has 1 heterocycles. The highest BCUT2D eigenvalue weighted by molar-refractivity contribution is 5.99. The molecule has 3 aromatic carbocycles. The minimum absolute atomic E-state index is 0.0575. The van der Waals surface area contributed by atoms with Crippen LogP contribution in [0.25, 0.3) is 10.8 Å². The fourth-order valence-electron chi connectivity index (χ4n) is 5.57. The lowest BCUT2D eigenvalue weighted by molar-refractivity contribution is -0.139. The molecule has 1 aromatic heterocycles. The number of carboxylic acid groups (broad SMARTS) is 1. The standard InChI is InChI=1S/C35H38N2O4/c1-35(2,3)26-13-15-27(16-14-26)41-28-17-18-29-25(21-28)22-31(36-30(29)19-23-11-7-8-12-23)33(38)37-32(34(39)40)20-24-9-5-4-6-10-24/h4-6,9-10,13-18,21-23,32H,7-8,11-12,19-20H2,1-3H3,(H,37,38)(H,39,40)/t32-/m0/s1. The number of fused-ring (bicyclic) bond motifs is 1. The van der Waals surface area contributed by atoms with Crippen LogP contribution in [0.3, 0.4) is 0 Å². The van der Waals surface area contributed by atoms with Gasteiger partial charge in [-0.15, -0.1) is 0 Å². The predicted octanol–water partition coefficient (Wildman–Crippen LogP) is 7.48. The number of nitrogens with zero attached hydrogens (tertiary/aromatic N) is 1. The van der Waals surface area contributed by atoms with E-state index in [1.54, 1.807) is 6.07 Å². The zero-order chi connectivity index (χ0) is 29.0. The number of ether oxygens (including phenoxy) is 1. The number of hydrogen-bond acceptors (Lipinski definition) is 4. The Hall–Kier alpha value is -4.19. The minimum atomic E-state index is -1.08. The van der Waals surface area contributed by atoms with Crippen LogP contribution in [0.2, 0.25) is 0 Å². The van der Waals surface area contributed by atoms with E-state index in [4.69, 9.17) is 9.72 Å². The number of hydrogen-bond donors (Lipinski definition) is 2. The van der Waals surface area contributed by atoms with Gasteiger partial charge in [0.25, 0.3) is 5.91 Å². The van der Waals surface area contributed by atoms with Gasteiger partial charge in [0, 0.05) is 17.5 Å². The molecule has 1 atom stereocenters. The molecule has 1 aliphatic carbocycles. The van der Waals surface area contributed by atoms with E-state index in [2.05, 4.69) is 38.2 Å². The third-order valence-corrected chi connectivity index (χ3v) is 7.91. The van der Waals surface area contributed by atoms with Gasteiger partial charge in [-0.05, 0) is 70.7 Å². The Morgan fingerprint density at radius 3 is 2.29 bits per heavy atom. The molecule has 6 nitrogen and oxygen atoms in total. The molecule has 5 rings (SSSR count). The Morgan fingerprint density at radius 2 is 1.63 bits per heavy atom. The molecule has 0 saturated heterocycles. The summed E-state index contributed by atoms with van der Waals surface area (Å²) in [6.07, 6.45) is 5.73. The summed E-state index contributed by atoms with van der Waals surface area (Å²) in [6, 6.07) is 24.0. The number of carbonyl (C=O) groups is 2. The van der Waals surface area contributed by atoms with Crippen LogP contribution in [0.4, 0.5) is 0 Å². The molecular formula is C35H38N2O4. The first-order valence-electron chi connectivity index (χ1n) is 14.5. The fraction of sp³-hybridized carbons (Fsp3) is 0.343. The molecule has 0 aliphatic heterocycles. The van der Waals surface area contributed by atoms with Gasteiger partial charge in [0.2, 0.25) is 0 Å². The van der Waals surface area contributed by atoms with Crippen LogP contribution in [-0.2, 0) is 23.1 Å². The van der Waals surface area contributed by atoms with Gasteiger partial charge in [0.1, 0.15) is 23.2 Å². The second kappa shape index (κ2) is 12.1. The Bertz CT molecular complexity index is 1520. The first kappa shape index (κ1) is 28.3. The van der Waals surface area contributed by atoms with Crippen LogP contribution in [0.1, 0.15) is 73.8 Å². The highest BCUT2D eigenvalue weighted by atomic mass is 16.5. The van der Waals surface area contributed by atoms with E-state index in [1.165, 1.54) is 18.4 Å². The summed E-state index contributed by atoms with van der Waals surface area (Å²) in [6.45, 7) is 6.53. The van der Waals surface area contributed by atoms with Crippen molar-refractivity contribution in [1.29, 1.82) is 0 Å². The maximum Gasteiger partial charge on any atom is 0.326 e. The van der Waals surface area contributed by atoms with Gasteiger partial charge in [-0.2, -0.15) is 0 Å². The lowest BCUT2D eigenvalue weighted by Gasteiger charge is -2.19. The summed E-state index contributed by atoms with van der Waals surface area (Å²) in [5, 5.41) is 14.4. The quantitative estimate of drug-likeness (QED) is 0.225. The second-order valence-corrected chi connectivity index (χ2v) is 12.1. The van der Waals surface area contributed by atoms with Crippen LogP contribution < -0.4 is 10.1 Å². The SMILES string of the molecule is CC(C)(C)c1ccc(Oc2ccc3c(CC4CCCC4)nc(C(=O)N[C@@H](Cc4ccccc4)C(=O)O)cc3c2)cc1. The normalized spacial score (nSPS) is 14.6. The highest BCUT2D eigenvalue weighted by Crippen LogP contribution is 2.33. The number of aliphatic carboxylic acids is 1. The molecule has 0 unspecified atom stereocenters. The molecule has 0 bridgehead atoms. The lowest BCUT2D eigenvalue weighted by Crippen LogP contribution is -2.42. The Morgan fingerprint density at radius 1 is 0.951 bits per heavy atom. The molecule has 1 saturated carbocycles. The van der Waals surface area contributed by atoms with Crippen molar-refractivity contribution in [3.63, 3.8) is 0 Å². The van der Waals surface area contributed by atoms with Gasteiger partial charge in [-0.25, -0.2) is 9.78 Å². The molecule has 1 fully saturated rings. The Labute approximate surface area is 241 Å². The predicted molar refractivity (Wildman–Crippen MR) is 162 cm³/mol. The van der Waals surface area contributed by atoms with Crippen molar-refractivity contribution in [1.82, 2.24) is 10.3 Å². The zero-order valence-electron chi connectivity index (χ0n) is 24.0. The summed E-state index contributed by atoms with van der Waals surface area (Å²) in [5.74, 6) is 0.360. The molecule has 0 radical (unpaired) electrons. The van der Waals surface area contributed by atoms with Crippen LogP contribution in [0.15, 0.2) is 78.9 Å². The summed E-state index contributed by atoms with van der Waals surface area (Å²) < 4.78 is 6.19. The van der Waals surface area contributed by atoms with Gasteiger partial charge in [-0.3, -0.25) is 4.79 Å². The van der Waals surface area contributed by atoms with Crippen LogP contribution in [0.5, 0.6) is 11.5 Å². The molecule has 1 aliphatic rings. The molecule has 1 amide bonds. The monoisotopic (exact) mass is 550 g/mol. The molecule has 41 heavy (non-hydrogen) atoms. The van der Waals surface area contributed by atoms with E-state index < -0.39 is 17.9 Å². The molecule has 212 valence electrons. The van der Waals surface area contributed by atoms with E-state index in [9.17, 15) is 14.7 Å². The third-order valence-electron chi connectivity index (χ3n) is 7.91. The van der Waals surface area contributed by atoms with Gasteiger partial charge >= 0.3 is 5.97 Å². The van der Waals surface area contributed by atoms with Gasteiger partial charge in [-0.1, -0.05) is 88.9 Å². The van der Waals surface area contributed by atoms with Crippen molar-refractivity contribution in [2.24, 2.45) is 5.92 Å². The van der Waals surface area contributed by atoms with Crippen molar-refractivity contribution in [3.05, 3.63) is 101 Å². The fourth-order valence-corrected chi connectivity index (χ4v) is 5.57. The summed E-state index contributed by atoms with van der Waals surface area (Å²) >= 11 is 0. The van der Waals surface area contributed by atoms with Gasteiger partial charge < -0.3 is 15.2 Å². The van der Waals surface area contributed by atoms with E-state index in [1.807, 2.05) is 60.7 Å². The third kappa shape index (κ3) is 7.12. The molecule has 0 spiro atoms. The molecule has 6 heteroatoms. The zero-order valence-corrected chi connectivity index (χ0v) is 24.0. The topological polar surface area (TPSA) is 88.5 Å². The van der Waals surface area contributed by atoms with Crippen molar-refractivity contribution >= 4 is 22.6 Å². The van der Waals surface area contributed by atoms with Crippen molar-refractivity contribution in [2.45, 2.75) is 70.8 Å². The van der Waals surface area contributed by atoms with Crippen LogP contribution in [-0.4, -0.2) is 28.0 Å². The Balaban J connectivity index is 1.44. The maximum atomic E-state index is 13.4. The van der Waals surface area contributed by atoms with Crippen LogP contribution >= 0.6 is 0 Å². The van der Waals surface area contributed by atoms with Gasteiger partial charge in [0.05, 0.1) is 0 Å². The van der Waals surface area contributed by atoms with Crippen molar-refractivity contribution in [3.8, 4) is 11.5 Å². The largest absolute Gasteiger partial charge is 0.480 e. The van der Waals surface area contributed by atoms with E-state index >= 15 is 0 Å². The molecule has 2 N–H and O–H groups in total. The lowest BCUT2D eigenvalue weighted by atomic mass is 9.87. The number of rotatable bonds is 9. The second-order valence-electron chi connectivity index (χ2n) is 12.1. The van der Waals surface area contributed by atoms with Crippen molar-refractivity contribution in [2.75, 3.05) is 0 Å². The minimum Gasteiger partial charge on any atom is -0.480 e. The summed E-state index contributed by atoms with van der Waals surface area (Å²) in [7, 11) is 0. The van der Waals surface area contributed by atoms with E-state index in [0.717, 1.165) is 47.0 Å². The smallest absolute Gasteiger partial charge is 0.326 e. The number of nitrogens with one attached hydrogen (secondary N) is 1. The summed E-state index contributed by atoms with van der Waals surface area (Å²) in [4.78, 5) is 30.2. The first-order chi connectivity index (χ1) is 19.7. The molecular weight excluding hydrogens is 512 g/mol. The number of benzene rings is 3. The van der Waals surface area contributed by atoms with Crippen LogP contribution in [0, 0.1) is 5.92 Å². The van der Waals surface area contributed by atoms with E-state index in [-0.39, 0.29) is 17.5 Å².